The van der Waals surface area contributed by atoms with Gasteiger partial charge >= 0.3 is 0 Å². The molecule has 1 aromatic heterocycles. The van der Waals surface area contributed by atoms with Crippen LogP contribution in [-0.2, 0) is 21.2 Å². The Bertz CT molecular complexity index is 1310. The average molecular weight is 504 g/mol. The largest absolute Gasteiger partial charge is 0.359 e. The van der Waals surface area contributed by atoms with Gasteiger partial charge in [0.05, 0.1) is 4.90 Å². The van der Waals surface area contributed by atoms with Gasteiger partial charge in [-0.3, -0.25) is 9.52 Å². The second-order valence-corrected chi connectivity index (χ2v) is 11.0. The fraction of sp³-hybridized carbons (Fsp3) is 0.318. The van der Waals surface area contributed by atoms with E-state index in [2.05, 4.69) is 19.0 Å². The Hall–Kier alpha value is -2.69. The van der Waals surface area contributed by atoms with Crippen LogP contribution in [-0.4, -0.2) is 42.8 Å². The lowest BCUT2D eigenvalue weighted by Gasteiger charge is -2.35. The first-order valence-electron chi connectivity index (χ1n) is 10.6. The SMILES string of the molecule is Cc1nsc(NS(=O)(=O)c2ccc(N3CC[C@@H](N4CCCc5cc(Cl)ccc54)C3=O)cc2)n1. The van der Waals surface area contributed by atoms with Crippen LogP contribution in [0.25, 0.3) is 0 Å². The Morgan fingerprint density at radius 1 is 1.15 bits per heavy atom. The Labute approximate surface area is 201 Å². The highest BCUT2D eigenvalue weighted by molar-refractivity contribution is 7.93. The minimum absolute atomic E-state index is 0.0240. The van der Waals surface area contributed by atoms with Gasteiger partial charge in [-0.1, -0.05) is 11.6 Å². The summed E-state index contributed by atoms with van der Waals surface area (Å²) in [6.45, 7) is 3.10. The van der Waals surface area contributed by atoms with Gasteiger partial charge in [-0.05, 0) is 74.2 Å². The molecule has 2 aliphatic rings. The lowest BCUT2D eigenvalue weighted by molar-refractivity contribution is -0.118. The molecule has 0 unspecified atom stereocenters. The number of halogens is 1. The number of carbonyl (C=O) groups excluding carboxylic acids is 1. The molecule has 2 aliphatic heterocycles. The first kappa shape index (κ1) is 22.1. The summed E-state index contributed by atoms with van der Waals surface area (Å²) in [6.07, 6.45) is 2.64. The number of fused-ring (bicyclic) bond motifs is 1. The fourth-order valence-electron chi connectivity index (χ4n) is 4.45. The van der Waals surface area contributed by atoms with Crippen molar-refractivity contribution in [2.45, 2.75) is 37.1 Å². The predicted octanol–water partition coefficient (Wildman–Crippen LogP) is 3.86. The summed E-state index contributed by atoms with van der Waals surface area (Å²) in [5.41, 5.74) is 2.93. The summed E-state index contributed by atoms with van der Waals surface area (Å²) in [7, 11) is -3.78. The number of benzene rings is 2. The number of hydrogen-bond acceptors (Lipinski definition) is 7. The van der Waals surface area contributed by atoms with E-state index in [0.29, 0.717) is 29.5 Å². The van der Waals surface area contributed by atoms with Gasteiger partial charge < -0.3 is 9.80 Å². The number of hydrogen-bond donors (Lipinski definition) is 1. The Morgan fingerprint density at radius 2 is 1.94 bits per heavy atom. The molecule has 11 heteroatoms. The third kappa shape index (κ3) is 4.30. The molecule has 0 spiro atoms. The van der Waals surface area contributed by atoms with E-state index < -0.39 is 10.0 Å². The number of nitrogens with zero attached hydrogens (tertiary/aromatic N) is 4. The van der Waals surface area contributed by atoms with Crippen LogP contribution in [0.4, 0.5) is 16.5 Å². The molecular weight excluding hydrogens is 482 g/mol. The zero-order valence-corrected chi connectivity index (χ0v) is 20.3. The van der Waals surface area contributed by atoms with Crippen LogP contribution in [0, 0.1) is 6.92 Å². The lowest BCUT2D eigenvalue weighted by atomic mass is 9.99. The van der Waals surface area contributed by atoms with Crippen LogP contribution in [0.3, 0.4) is 0 Å². The minimum Gasteiger partial charge on any atom is -0.359 e. The standard InChI is InChI=1S/C22H22ClN5O3S2/c1-14-24-22(32-25-14)26-33(30,31)18-7-5-17(6-8-18)27-12-10-20(21(27)29)28-11-2-3-15-13-16(23)4-9-19(15)28/h4-9,13,20H,2-3,10-12H2,1H3,(H,24,25,26)/t20-/m1/s1. The van der Waals surface area contributed by atoms with E-state index in [-0.39, 0.29) is 22.0 Å². The third-order valence-electron chi connectivity index (χ3n) is 5.96. The molecule has 3 aromatic rings. The molecule has 1 amide bonds. The highest BCUT2D eigenvalue weighted by Crippen LogP contribution is 2.35. The number of amides is 1. The van der Waals surface area contributed by atoms with Crippen molar-refractivity contribution < 1.29 is 13.2 Å². The van der Waals surface area contributed by atoms with Crippen molar-refractivity contribution in [2.75, 3.05) is 27.6 Å². The maximum atomic E-state index is 13.3. The summed E-state index contributed by atoms with van der Waals surface area (Å²) in [5.74, 6) is 0.533. The summed E-state index contributed by atoms with van der Waals surface area (Å²) < 4.78 is 31.7. The molecule has 5 rings (SSSR count). The van der Waals surface area contributed by atoms with Gasteiger partial charge in [0.2, 0.25) is 11.0 Å². The van der Waals surface area contributed by atoms with Gasteiger partial charge in [-0.25, -0.2) is 13.4 Å². The van der Waals surface area contributed by atoms with E-state index in [1.807, 2.05) is 18.2 Å². The number of carbonyl (C=O) groups is 1. The van der Waals surface area contributed by atoms with Crippen LogP contribution in [0.1, 0.15) is 24.2 Å². The predicted molar refractivity (Wildman–Crippen MR) is 130 cm³/mol. The Kier molecular flexibility index (Phi) is 5.75. The van der Waals surface area contributed by atoms with Gasteiger partial charge in [0.25, 0.3) is 10.0 Å². The van der Waals surface area contributed by atoms with Crippen LogP contribution >= 0.6 is 23.1 Å². The van der Waals surface area contributed by atoms with E-state index >= 15 is 0 Å². The van der Waals surface area contributed by atoms with E-state index in [4.69, 9.17) is 11.6 Å². The fourth-order valence-corrected chi connectivity index (χ4v) is 6.44. The Balaban J connectivity index is 1.33. The molecule has 1 N–H and O–H groups in total. The molecule has 33 heavy (non-hydrogen) atoms. The first-order valence-corrected chi connectivity index (χ1v) is 13.2. The number of anilines is 3. The van der Waals surface area contributed by atoms with Crippen molar-refractivity contribution >= 4 is 55.6 Å². The van der Waals surface area contributed by atoms with E-state index in [1.54, 1.807) is 24.0 Å². The molecule has 172 valence electrons. The number of nitrogens with one attached hydrogen (secondary N) is 1. The zero-order valence-electron chi connectivity index (χ0n) is 17.9. The molecule has 0 saturated carbocycles. The first-order chi connectivity index (χ1) is 15.8. The molecule has 0 aliphatic carbocycles. The number of rotatable bonds is 5. The third-order valence-corrected chi connectivity index (χ3v) is 8.40. The van der Waals surface area contributed by atoms with Gasteiger partial charge in [0, 0.05) is 41.0 Å². The normalized spacial score (nSPS) is 18.5. The van der Waals surface area contributed by atoms with Crippen LogP contribution in [0.15, 0.2) is 47.4 Å². The van der Waals surface area contributed by atoms with Crippen molar-refractivity contribution in [1.29, 1.82) is 0 Å². The summed E-state index contributed by atoms with van der Waals surface area (Å²) in [4.78, 5) is 21.4. The van der Waals surface area contributed by atoms with Crippen molar-refractivity contribution in [2.24, 2.45) is 0 Å². The topological polar surface area (TPSA) is 95.5 Å². The van der Waals surface area contributed by atoms with Crippen molar-refractivity contribution in [3.05, 3.63) is 58.9 Å². The van der Waals surface area contributed by atoms with Crippen LogP contribution < -0.4 is 14.5 Å². The van der Waals surface area contributed by atoms with E-state index in [0.717, 1.165) is 36.6 Å². The van der Waals surface area contributed by atoms with E-state index in [9.17, 15) is 13.2 Å². The summed E-state index contributed by atoms with van der Waals surface area (Å²) in [6, 6.07) is 12.0. The maximum absolute atomic E-state index is 13.3. The van der Waals surface area contributed by atoms with Gasteiger partial charge in [-0.2, -0.15) is 4.37 Å². The zero-order chi connectivity index (χ0) is 23.2. The molecule has 1 atom stereocenters. The van der Waals surface area contributed by atoms with Gasteiger partial charge in [0.15, 0.2) is 0 Å². The van der Waals surface area contributed by atoms with Crippen LogP contribution in [0.2, 0.25) is 5.02 Å². The summed E-state index contributed by atoms with van der Waals surface area (Å²) >= 11 is 7.15. The number of sulfonamides is 1. The summed E-state index contributed by atoms with van der Waals surface area (Å²) in [5, 5.41) is 0.929. The monoisotopic (exact) mass is 503 g/mol. The molecule has 8 nitrogen and oxygen atoms in total. The molecule has 1 fully saturated rings. The smallest absolute Gasteiger partial charge is 0.263 e. The molecule has 2 aromatic carbocycles. The second kappa shape index (κ2) is 8.58. The van der Waals surface area contributed by atoms with Crippen LogP contribution in [0.5, 0.6) is 0 Å². The minimum atomic E-state index is -3.78. The molecule has 0 bridgehead atoms. The van der Waals surface area contributed by atoms with Crippen molar-refractivity contribution in [3.8, 4) is 0 Å². The van der Waals surface area contributed by atoms with E-state index in [1.165, 1.54) is 17.7 Å². The quantitative estimate of drug-likeness (QED) is 0.568. The highest BCUT2D eigenvalue weighted by Gasteiger charge is 2.38. The molecular formula is C22H22ClN5O3S2. The van der Waals surface area contributed by atoms with Gasteiger partial charge in [-0.15, -0.1) is 0 Å². The Morgan fingerprint density at radius 3 is 2.67 bits per heavy atom. The maximum Gasteiger partial charge on any atom is 0.263 e. The van der Waals surface area contributed by atoms with Crippen molar-refractivity contribution in [3.63, 3.8) is 0 Å². The van der Waals surface area contributed by atoms with Gasteiger partial charge in [0.1, 0.15) is 11.9 Å². The van der Waals surface area contributed by atoms with Crippen molar-refractivity contribution in [1.82, 2.24) is 9.36 Å². The number of aryl methyl sites for hydroxylation is 2. The molecule has 3 heterocycles. The lowest BCUT2D eigenvalue weighted by Crippen LogP contribution is -2.44. The molecule has 0 radical (unpaired) electrons. The molecule has 1 saturated heterocycles. The highest BCUT2D eigenvalue weighted by atomic mass is 35.5. The average Bonchev–Trinajstić information content (AvgIpc) is 3.37. The number of aromatic nitrogens is 2. The second-order valence-electron chi connectivity index (χ2n) is 8.11.